The summed E-state index contributed by atoms with van der Waals surface area (Å²) in [4.78, 5) is 0. The lowest BCUT2D eigenvalue weighted by Crippen LogP contribution is -2.25. The van der Waals surface area contributed by atoms with E-state index in [1.165, 1.54) is 37.3 Å². The number of hydrogen-bond acceptors (Lipinski definition) is 2. The number of ether oxygens (including phenoxy) is 2. The predicted octanol–water partition coefficient (Wildman–Crippen LogP) is 10.5. The smallest absolute Gasteiger partial charge is 0.432 e. The van der Waals surface area contributed by atoms with Crippen LogP contribution in [0.1, 0.15) is 23.6 Å². The van der Waals surface area contributed by atoms with Gasteiger partial charge >= 0.3 is 18.3 Å². The first-order valence-corrected chi connectivity index (χ1v) is 12.2. The number of benzene rings is 4. The lowest BCUT2D eigenvalue weighted by atomic mass is 9.97. The van der Waals surface area contributed by atoms with Gasteiger partial charge in [-0.05, 0) is 41.8 Å². The second-order valence-corrected chi connectivity index (χ2v) is 8.99. The van der Waals surface area contributed by atoms with Crippen LogP contribution >= 0.6 is 0 Å². The highest BCUT2D eigenvalue weighted by Gasteiger charge is 2.43. The highest BCUT2D eigenvalue weighted by molar-refractivity contribution is 5.73. The average Bonchev–Trinajstić information content (AvgIpc) is 2.90. The molecule has 4 rings (SSSR count). The zero-order valence-electron chi connectivity index (χ0n) is 21.9. The molecule has 2 nitrogen and oxygen atoms in total. The molecule has 0 spiro atoms. The minimum absolute atomic E-state index is 0.110. The van der Waals surface area contributed by atoms with Crippen LogP contribution in [0.3, 0.4) is 0 Å². The summed E-state index contributed by atoms with van der Waals surface area (Å²) in [6.45, 7) is 1.34. The van der Waals surface area contributed by atoms with Crippen molar-refractivity contribution in [3.8, 4) is 28.0 Å². The maximum atomic E-state index is 15.0. The van der Waals surface area contributed by atoms with Crippen molar-refractivity contribution in [2.45, 2.75) is 19.2 Å². The molecule has 0 aliphatic heterocycles. The molecule has 232 valence electrons. The van der Waals surface area contributed by atoms with Crippen LogP contribution < -0.4 is 4.74 Å². The maximum absolute atomic E-state index is 15.0. The molecule has 0 heterocycles. The summed E-state index contributed by atoms with van der Waals surface area (Å²) >= 11 is 0. The van der Waals surface area contributed by atoms with Crippen LogP contribution in [-0.2, 0) is 17.0 Å². The van der Waals surface area contributed by atoms with E-state index in [1.807, 2.05) is 0 Å². The molecule has 0 unspecified atom stereocenters. The van der Waals surface area contributed by atoms with Crippen LogP contribution in [0, 0.1) is 29.1 Å². The van der Waals surface area contributed by atoms with Crippen molar-refractivity contribution >= 4 is 5.83 Å². The molecule has 0 fully saturated rings. The summed E-state index contributed by atoms with van der Waals surface area (Å²) in [5.41, 5.74) is -5.11. The molecule has 0 saturated carbocycles. The Morgan fingerprint density at radius 3 is 1.61 bits per heavy atom. The van der Waals surface area contributed by atoms with E-state index in [2.05, 4.69) is 9.47 Å². The fourth-order valence-electron chi connectivity index (χ4n) is 4.13. The minimum Gasteiger partial charge on any atom is -0.469 e. The van der Waals surface area contributed by atoms with Gasteiger partial charge in [0.05, 0.1) is 6.61 Å². The van der Waals surface area contributed by atoms with Crippen molar-refractivity contribution in [3.63, 3.8) is 0 Å². The van der Waals surface area contributed by atoms with Crippen molar-refractivity contribution in [1.29, 1.82) is 0 Å². The fourth-order valence-corrected chi connectivity index (χ4v) is 4.13. The summed E-state index contributed by atoms with van der Waals surface area (Å²) in [7, 11) is 0. The molecule has 0 N–H and O–H groups in total. The first kappa shape index (κ1) is 32.3. The number of rotatable bonds is 8. The second-order valence-electron chi connectivity index (χ2n) is 8.99. The van der Waals surface area contributed by atoms with Crippen LogP contribution in [-0.4, -0.2) is 6.61 Å². The van der Waals surface area contributed by atoms with Gasteiger partial charge in [-0.2, -0.15) is 30.7 Å². The zero-order valence-corrected chi connectivity index (χ0v) is 21.9. The molecule has 0 radical (unpaired) electrons. The van der Waals surface area contributed by atoms with Gasteiger partial charge in [-0.15, -0.1) is 0 Å². The van der Waals surface area contributed by atoms with Gasteiger partial charge in [-0.3, -0.25) is 0 Å². The topological polar surface area (TPSA) is 18.5 Å². The summed E-state index contributed by atoms with van der Waals surface area (Å²) in [6.07, 6.45) is -10.5. The summed E-state index contributed by atoms with van der Waals surface area (Å²) in [6, 6.07) is 7.04. The Labute approximate surface area is 240 Å². The first-order valence-electron chi connectivity index (χ1n) is 12.2. The fraction of sp³-hybridized carbons (Fsp3) is 0.133. The molecule has 44 heavy (non-hydrogen) atoms. The number of alkyl halides is 5. The van der Waals surface area contributed by atoms with Crippen LogP contribution in [0.4, 0.5) is 52.7 Å². The largest absolute Gasteiger partial charge is 0.469 e. The normalized spacial score (nSPS) is 12.7. The molecule has 0 aliphatic rings. The molecule has 0 amide bonds. The van der Waals surface area contributed by atoms with Gasteiger partial charge in [0.15, 0.2) is 0 Å². The SMILES string of the molecule is CCOC(F)=C(F)c1ccc(-c2ccc(-c3cc(F)c(C(F)(F)Oc4cc(F)c(C(F)(F)F)c(F)c4)c(F)c3)c(F)c2)cc1. The Balaban J connectivity index is 1.61. The van der Waals surface area contributed by atoms with Gasteiger partial charge in [0.25, 0.3) is 0 Å². The van der Waals surface area contributed by atoms with E-state index in [-0.39, 0.29) is 29.9 Å². The molecule has 0 atom stereocenters. The Hall–Kier alpha value is -4.62. The molecule has 0 aliphatic carbocycles. The van der Waals surface area contributed by atoms with Crippen LogP contribution in [0.25, 0.3) is 28.1 Å². The van der Waals surface area contributed by atoms with Crippen molar-refractivity contribution in [2.75, 3.05) is 6.61 Å². The van der Waals surface area contributed by atoms with E-state index in [0.717, 1.165) is 12.1 Å². The first-order chi connectivity index (χ1) is 20.5. The monoisotopic (exact) mass is 636 g/mol. The molecule has 0 saturated heterocycles. The second kappa shape index (κ2) is 12.2. The Bertz CT molecular complexity index is 1680. The van der Waals surface area contributed by atoms with Gasteiger partial charge in [0.1, 0.15) is 46.0 Å². The molecule has 14 heteroatoms. The Morgan fingerprint density at radius 2 is 1.11 bits per heavy atom. The van der Waals surface area contributed by atoms with Gasteiger partial charge in [0, 0.05) is 23.3 Å². The van der Waals surface area contributed by atoms with E-state index in [4.69, 9.17) is 0 Å². The third-order valence-corrected chi connectivity index (χ3v) is 6.07. The molecule has 0 bridgehead atoms. The quantitative estimate of drug-likeness (QED) is 0.142. The van der Waals surface area contributed by atoms with Gasteiger partial charge in [-0.1, -0.05) is 36.4 Å². The van der Waals surface area contributed by atoms with E-state index >= 15 is 0 Å². The highest BCUT2D eigenvalue weighted by Crippen LogP contribution is 2.40. The van der Waals surface area contributed by atoms with Crippen molar-refractivity contribution in [1.82, 2.24) is 0 Å². The molecule has 0 aromatic heterocycles. The summed E-state index contributed by atoms with van der Waals surface area (Å²) in [5.74, 6) is -12.4. The van der Waals surface area contributed by atoms with Gasteiger partial charge in [-0.25, -0.2) is 22.0 Å². The highest BCUT2D eigenvalue weighted by atomic mass is 19.4. The number of hydrogen-bond donors (Lipinski definition) is 0. The number of halogens is 12. The summed E-state index contributed by atoms with van der Waals surface area (Å²) in [5, 5.41) is 0. The Kier molecular flexibility index (Phi) is 8.93. The molecular weight excluding hydrogens is 620 g/mol. The van der Waals surface area contributed by atoms with Crippen molar-refractivity contribution in [2.24, 2.45) is 0 Å². The minimum atomic E-state index is -5.51. The van der Waals surface area contributed by atoms with Gasteiger partial charge < -0.3 is 9.47 Å². The molecule has 4 aromatic rings. The van der Waals surface area contributed by atoms with Crippen LogP contribution in [0.5, 0.6) is 5.75 Å². The standard InChI is InChI=1S/C30H16F12O2/c1-2-43-28(37)27(36)15-5-3-14(4-6-15)16-7-8-19(20(31)9-16)17-10-21(32)26(22(33)11-17)30(41,42)44-18-12-23(34)25(24(35)13-18)29(38,39)40/h3-13H,2H2,1H3. The zero-order chi connectivity index (χ0) is 32.6. The average molecular weight is 636 g/mol. The predicted molar refractivity (Wildman–Crippen MR) is 134 cm³/mol. The lowest BCUT2D eigenvalue weighted by molar-refractivity contribution is -0.189. The van der Waals surface area contributed by atoms with Crippen molar-refractivity contribution in [3.05, 3.63) is 119 Å². The van der Waals surface area contributed by atoms with Crippen molar-refractivity contribution < 1.29 is 62.2 Å². The Morgan fingerprint density at radius 1 is 0.614 bits per heavy atom. The van der Waals surface area contributed by atoms with Crippen LogP contribution in [0.15, 0.2) is 72.7 Å². The van der Waals surface area contributed by atoms with E-state index < -0.39 is 81.2 Å². The van der Waals surface area contributed by atoms with E-state index in [9.17, 15) is 52.7 Å². The molecular formula is C30H16F12O2. The van der Waals surface area contributed by atoms with E-state index in [0.29, 0.717) is 17.7 Å². The molecule has 4 aromatic carbocycles. The van der Waals surface area contributed by atoms with Gasteiger partial charge in [0.2, 0.25) is 5.83 Å². The third kappa shape index (κ3) is 6.63. The third-order valence-electron chi connectivity index (χ3n) is 6.07. The lowest BCUT2D eigenvalue weighted by Gasteiger charge is -2.21. The van der Waals surface area contributed by atoms with Crippen LogP contribution in [0.2, 0.25) is 0 Å². The maximum Gasteiger partial charge on any atom is 0.432 e. The van der Waals surface area contributed by atoms with E-state index in [1.54, 1.807) is 0 Å². The summed E-state index contributed by atoms with van der Waals surface area (Å²) < 4.78 is 176.